The monoisotopic (exact) mass is 135 g/mol. The summed E-state index contributed by atoms with van der Waals surface area (Å²) in [6.07, 6.45) is 4.71. The Hall–Kier alpha value is -1.58. The van der Waals surface area contributed by atoms with Crippen LogP contribution in [0.4, 0.5) is 5.69 Å². The first kappa shape index (κ1) is 5.22. The van der Waals surface area contributed by atoms with Crippen LogP contribution in [0.3, 0.4) is 0 Å². The average Bonchev–Trinajstić information content (AvgIpc) is 2.36. The quantitative estimate of drug-likeness (QED) is 0.580. The molecule has 10 heavy (non-hydrogen) atoms. The fraction of sp³-hybridized carbons (Fsp3) is 0. The van der Waals surface area contributed by atoms with Crippen molar-refractivity contribution in [1.29, 1.82) is 0 Å². The second-order valence-corrected chi connectivity index (χ2v) is 1.98. The van der Waals surface area contributed by atoms with Crippen molar-refractivity contribution in [1.82, 2.24) is 10.1 Å². The number of pyridine rings is 1. The molecule has 2 N–H and O–H groups in total. The highest BCUT2D eigenvalue weighted by atomic mass is 16.5. The largest absolute Gasteiger partial charge is 0.396 e. The van der Waals surface area contributed by atoms with Gasteiger partial charge in [-0.3, -0.25) is 4.98 Å². The van der Waals surface area contributed by atoms with Gasteiger partial charge in [0.05, 0.1) is 17.3 Å². The molecular weight excluding hydrogens is 130 g/mol. The fourth-order valence-electron chi connectivity index (χ4n) is 0.814. The van der Waals surface area contributed by atoms with Crippen molar-refractivity contribution in [3.8, 4) is 0 Å². The van der Waals surface area contributed by atoms with E-state index in [2.05, 4.69) is 14.7 Å². The van der Waals surface area contributed by atoms with E-state index in [4.69, 9.17) is 5.73 Å². The Morgan fingerprint density at radius 3 is 3.10 bits per heavy atom. The molecule has 0 aliphatic rings. The summed E-state index contributed by atoms with van der Waals surface area (Å²) >= 11 is 0. The summed E-state index contributed by atoms with van der Waals surface area (Å²) in [5.41, 5.74) is 6.74. The smallest absolute Gasteiger partial charge is 0.139 e. The summed E-state index contributed by atoms with van der Waals surface area (Å²) in [5.74, 6) is 0. The lowest BCUT2D eigenvalue weighted by Crippen LogP contribution is -1.86. The van der Waals surface area contributed by atoms with Crippen molar-refractivity contribution in [3.63, 3.8) is 0 Å². The normalized spacial score (nSPS) is 10.4. The molecule has 0 fully saturated rings. The number of hydrogen-bond acceptors (Lipinski definition) is 4. The molecule has 4 heteroatoms. The van der Waals surface area contributed by atoms with Gasteiger partial charge in [0.15, 0.2) is 0 Å². The topological polar surface area (TPSA) is 64.9 Å². The van der Waals surface area contributed by atoms with Crippen LogP contribution in [0.25, 0.3) is 10.9 Å². The maximum atomic E-state index is 5.52. The van der Waals surface area contributed by atoms with Crippen LogP contribution in [0.2, 0.25) is 0 Å². The summed E-state index contributed by atoms with van der Waals surface area (Å²) < 4.78 is 4.68. The lowest BCUT2D eigenvalue weighted by atomic mass is 10.3. The average molecular weight is 135 g/mol. The SMILES string of the molecule is Nc1cncc2conc12. The second kappa shape index (κ2) is 1.70. The van der Waals surface area contributed by atoms with Gasteiger partial charge in [0.2, 0.25) is 0 Å². The van der Waals surface area contributed by atoms with Gasteiger partial charge >= 0.3 is 0 Å². The van der Waals surface area contributed by atoms with Crippen molar-refractivity contribution >= 4 is 16.6 Å². The highest BCUT2D eigenvalue weighted by Gasteiger charge is 1.99. The Balaban J connectivity index is 2.95. The first-order chi connectivity index (χ1) is 4.88. The Morgan fingerprint density at radius 1 is 1.40 bits per heavy atom. The summed E-state index contributed by atoms with van der Waals surface area (Å²) in [7, 11) is 0. The molecule has 2 heterocycles. The van der Waals surface area contributed by atoms with Crippen LogP contribution in [-0.4, -0.2) is 10.1 Å². The van der Waals surface area contributed by atoms with Crippen LogP contribution in [0.1, 0.15) is 0 Å². The summed E-state index contributed by atoms with van der Waals surface area (Å²) in [5, 5.41) is 4.51. The number of anilines is 1. The van der Waals surface area contributed by atoms with Gasteiger partial charge in [-0.05, 0) is 0 Å². The minimum atomic E-state index is 0.547. The van der Waals surface area contributed by atoms with E-state index < -0.39 is 0 Å². The molecule has 50 valence electrons. The van der Waals surface area contributed by atoms with Gasteiger partial charge in [0.25, 0.3) is 0 Å². The highest BCUT2D eigenvalue weighted by molar-refractivity contribution is 5.86. The number of rotatable bonds is 0. The van der Waals surface area contributed by atoms with Gasteiger partial charge < -0.3 is 10.3 Å². The van der Waals surface area contributed by atoms with Crippen LogP contribution in [0.15, 0.2) is 23.2 Å². The van der Waals surface area contributed by atoms with E-state index in [0.717, 1.165) is 5.39 Å². The van der Waals surface area contributed by atoms with E-state index in [0.29, 0.717) is 11.2 Å². The first-order valence-electron chi connectivity index (χ1n) is 2.81. The molecule has 0 atom stereocenters. The maximum absolute atomic E-state index is 5.52. The third kappa shape index (κ3) is 0.556. The molecule has 0 aromatic carbocycles. The second-order valence-electron chi connectivity index (χ2n) is 1.98. The summed E-state index contributed by atoms with van der Waals surface area (Å²) in [6.45, 7) is 0. The molecule has 0 unspecified atom stereocenters. The Morgan fingerprint density at radius 2 is 2.30 bits per heavy atom. The summed E-state index contributed by atoms with van der Waals surface area (Å²) in [6, 6.07) is 0. The van der Waals surface area contributed by atoms with E-state index in [1.165, 1.54) is 6.26 Å². The minimum Gasteiger partial charge on any atom is -0.396 e. The Labute approximate surface area is 56.6 Å². The molecule has 0 amide bonds. The maximum Gasteiger partial charge on any atom is 0.139 e. The van der Waals surface area contributed by atoms with Crippen LogP contribution >= 0.6 is 0 Å². The molecule has 0 radical (unpaired) electrons. The molecule has 2 aromatic rings. The molecular formula is C6H5N3O. The van der Waals surface area contributed by atoms with Crippen LogP contribution in [0.5, 0.6) is 0 Å². The molecule has 4 nitrogen and oxygen atoms in total. The minimum absolute atomic E-state index is 0.547. The van der Waals surface area contributed by atoms with Crippen molar-refractivity contribution in [3.05, 3.63) is 18.7 Å². The van der Waals surface area contributed by atoms with Crippen molar-refractivity contribution in [2.24, 2.45) is 0 Å². The molecule has 0 bridgehead atoms. The third-order valence-corrected chi connectivity index (χ3v) is 1.30. The standard InChI is InChI=1S/C6H5N3O/c7-5-2-8-1-4-3-10-9-6(4)5/h1-3H,7H2. The number of nitrogens with two attached hydrogens (primary N) is 1. The predicted octanol–water partition coefficient (Wildman–Crippen LogP) is 0.805. The van der Waals surface area contributed by atoms with Crippen molar-refractivity contribution in [2.75, 3.05) is 5.73 Å². The number of fused-ring (bicyclic) bond motifs is 1. The van der Waals surface area contributed by atoms with Crippen molar-refractivity contribution in [2.45, 2.75) is 0 Å². The molecule has 0 aliphatic carbocycles. The van der Waals surface area contributed by atoms with Gasteiger partial charge in [-0.1, -0.05) is 5.16 Å². The lowest BCUT2D eigenvalue weighted by Gasteiger charge is -1.88. The number of nitrogen functional groups attached to an aromatic ring is 1. The van der Waals surface area contributed by atoms with Gasteiger partial charge in [-0.2, -0.15) is 0 Å². The van der Waals surface area contributed by atoms with Gasteiger partial charge in [0.1, 0.15) is 11.8 Å². The molecule has 2 rings (SSSR count). The molecule has 0 aliphatic heterocycles. The Bertz CT molecular complexity index is 355. The zero-order valence-corrected chi connectivity index (χ0v) is 5.11. The van der Waals surface area contributed by atoms with Gasteiger partial charge in [0, 0.05) is 6.20 Å². The van der Waals surface area contributed by atoms with E-state index in [1.807, 2.05) is 0 Å². The van der Waals surface area contributed by atoms with Crippen molar-refractivity contribution < 1.29 is 4.52 Å². The lowest BCUT2D eigenvalue weighted by molar-refractivity contribution is 0.428. The number of nitrogens with zero attached hydrogens (tertiary/aromatic N) is 2. The third-order valence-electron chi connectivity index (χ3n) is 1.30. The van der Waals surface area contributed by atoms with Crippen LogP contribution in [0, 0.1) is 0 Å². The number of aromatic nitrogens is 2. The fourth-order valence-corrected chi connectivity index (χ4v) is 0.814. The first-order valence-corrected chi connectivity index (χ1v) is 2.81. The predicted molar refractivity (Wildman–Crippen MR) is 36.2 cm³/mol. The van der Waals surface area contributed by atoms with E-state index >= 15 is 0 Å². The van der Waals surface area contributed by atoms with E-state index in [9.17, 15) is 0 Å². The van der Waals surface area contributed by atoms with Gasteiger partial charge in [-0.15, -0.1) is 0 Å². The Kier molecular flexibility index (Phi) is 0.887. The summed E-state index contributed by atoms with van der Waals surface area (Å²) in [4.78, 5) is 3.86. The van der Waals surface area contributed by atoms with Crippen LogP contribution < -0.4 is 5.73 Å². The molecule has 0 saturated carbocycles. The van der Waals surface area contributed by atoms with E-state index in [1.54, 1.807) is 12.4 Å². The highest BCUT2D eigenvalue weighted by Crippen LogP contribution is 2.15. The van der Waals surface area contributed by atoms with Gasteiger partial charge in [-0.25, -0.2) is 0 Å². The molecule has 0 spiro atoms. The zero-order valence-electron chi connectivity index (χ0n) is 5.11. The molecule has 2 aromatic heterocycles. The van der Waals surface area contributed by atoms with E-state index in [-0.39, 0.29) is 0 Å². The van der Waals surface area contributed by atoms with Crippen LogP contribution in [-0.2, 0) is 0 Å². The number of hydrogen-bond donors (Lipinski definition) is 1. The zero-order chi connectivity index (χ0) is 6.97. The molecule has 0 saturated heterocycles.